The summed E-state index contributed by atoms with van der Waals surface area (Å²) in [5.74, 6) is -0.194. The number of likely N-dealkylation sites (tertiary alicyclic amines) is 1. The summed E-state index contributed by atoms with van der Waals surface area (Å²) in [6, 6.07) is 0. The van der Waals surface area contributed by atoms with Gasteiger partial charge in [0.1, 0.15) is 17.9 Å². The maximum Gasteiger partial charge on any atom is 0.312 e. The molecule has 1 aromatic rings. The number of rotatable bonds is 3. The molecule has 1 aromatic heterocycles. The third-order valence-corrected chi connectivity index (χ3v) is 3.03. The van der Waals surface area contributed by atoms with Crippen molar-refractivity contribution in [2.75, 3.05) is 13.1 Å². The SMILES string of the molecule is Cc1nn(CC(=O)N2CC(O)C2)c(C)c1[N+](=O)[O-]. The minimum absolute atomic E-state index is 0.0345. The van der Waals surface area contributed by atoms with Crippen molar-refractivity contribution in [2.24, 2.45) is 0 Å². The van der Waals surface area contributed by atoms with Crippen LogP contribution in [0.5, 0.6) is 0 Å². The van der Waals surface area contributed by atoms with E-state index >= 15 is 0 Å². The smallest absolute Gasteiger partial charge is 0.312 e. The molecule has 1 aliphatic heterocycles. The Morgan fingerprint density at radius 2 is 2.17 bits per heavy atom. The first-order chi connectivity index (χ1) is 8.40. The zero-order chi connectivity index (χ0) is 13.4. The summed E-state index contributed by atoms with van der Waals surface area (Å²) in [4.78, 5) is 23.6. The highest BCUT2D eigenvalue weighted by molar-refractivity contribution is 5.77. The van der Waals surface area contributed by atoms with Crippen LogP contribution in [-0.4, -0.2) is 49.8 Å². The fourth-order valence-corrected chi connectivity index (χ4v) is 1.99. The number of nitro groups is 1. The standard InChI is InChI=1S/C10H14N4O4/c1-6-10(14(17)18)7(2)13(11-6)5-9(16)12-3-8(15)4-12/h8,15H,3-5H2,1-2H3. The molecule has 1 saturated heterocycles. The van der Waals surface area contributed by atoms with E-state index in [2.05, 4.69) is 5.10 Å². The number of carbonyl (C=O) groups excluding carboxylic acids is 1. The van der Waals surface area contributed by atoms with Gasteiger partial charge in [-0.15, -0.1) is 0 Å². The van der Waals surface area contributed by atoms with Gasteiger partial charge in [-0.2, -0.15) is 5.10 Å². The van der Waals surface area contributed by atoms with Crippen LogP contribution in [0.4, 0.5) is 5.69 Å². The van der Waals surface area contributed by atoms with Crippen molar-refractivity contribution >= 4 is 11.6 Å². The van der Waals surface area contributed by atoms with Crippen LogP contribution in [0, 0.1) is 24.0 Å². The third kappa shape index (κ3) is 2.06. The molecule has 0 atom stereocenters. The van der Waals surface area contributed by atoms with Crippen molar-refractivity contribution in [3.8, 4) is 0 Å². The fourth-order valence-electron chi connectivity index (χ4n) is 1.99. The number of β-amino-alcohol motifs (C(OH)–C–C–N with tert-alkyl or cyclic N) is 1. The van der Waals surface area contributed by atoms with Crippen molar-refractivity contribution < 1.29 is 14.8 Å². The monoisotopic (exact) mass is 254 g/mol. The average Bonchev–Trinajstić information content (AvgIpc) is 2.49. The Hall–Kier alpha value is -1.96. The van der Waals surface area contributed by atoms with Crippen molar-refractivity contribution in [3.63, 3.8) is 0 Å². The number of aliphatic hydroxyl groups excluding tert-OH is 1. The molecular formula is C10H14N4O4. The van der Waals surface area contributed by atoms with Crippen LogP contribution in [-0.2, 0) is 11.3 Å². The molecule has 18 heavy (non-hydrogen) atoms. The summed E-state index contributed by atoms with van der Waals surface area (Å²) in [5.41, 5.74) is 0.618. The molecule has 1 N–H and O–H groups in total. The molecule has 0 radical (unpaired) electrons. The normalized spacial score (nSPS) is 15.6. The summed E-state index contributed by atoms with van der Waals surface area (Å²) >= 11 is 0. The molecule has 0 unspecified atom stereocenters. The van der Waals surface area contributed by atoms with Gasteiger partial charge in [-0.05, 0) is 13.8 Å². The van der Waals surface area contributed by atoms with Crippen LogP contribution >= 0.6 is 0 Å². The zero-order valence-corrected chi connectivity index (χ0v) is 10.2. The summed E-state index contributed by atoms with van der Waals surface area (Å²) in [6.07, 6.45) is -0.455. The predicted molar refractivity (Wildman–Crippen MR) is 60.9 cm³/mol. The Morgan fingerprint density at radius 1 is 1.56 bits per heavy atom. The minimum Gasteiger partial charge on any atom is -0.389 e. The predicted octanol–water partition coefficient (Wildman–Crippen LogP) is -0.389. The van der Waals surface area contributed by atoms with Crippen molar-refractivity contribution in [3.05, 3.63) is 21.5 Å². The average molecular weight is 254 g/mol. The van der Waals surface area contributed by atoms with E-state index in [-0.39, 0.29) is 18.1 Å². The number of hydrogen-bond donors (Lipinski definition) is 1. The summed E-state index contributed by atoms with van der Waals surface area (Å²) in [6.45, 7) is 3.71. The number of aromatic nitrogens is 2. The number of carbonyl (C=O) groups is 1. The van der Waals surface area contributed by atoms with E-state index in [9.17, 15) is 14.9 Å². The molecule has 2 rings (SSSR count). The third-order valence-electron chi connectivity index (χ3n) is 3.03. The van der Waals surface area contributed by atoms with Gasteiger partial charge in [0.25, 0.3) is 0 Å². The highest BCUT2D eigenvalue weighted by Gasteiger charge is 2.30. The highest BCUT2D eigenvalue weighted by atomic mass is 16.6. The first-order valence-electron chi connectivity index (χ1n) is 5.54. The van der Waals surface area contributed by atoms with Gasteiger partial charge in [0, 0.05) is 13.1 Å². The Bertz CT molecular complexity index is 504. The summed E-state index contributed by atoms with van der Waals surface area (Å²) in [7, 11) is 0. The molecule has 0 aliphatic carbocycles. The lowest BCUT2D eigenvalue weighted by Gasteiger charge is -2.35. The van der Waals surface area contributed by atoms with Gasteiger partial charge in [0.05, 0.1) is 11.0 Å². The number of hydrogen-bond acceptors (Lipinski definition) is 5. The molecule has 8 nitrogen and oxygen atoms in total. The Morgan fingerprint density at radius 3 is 2.61 bits per heavy atom. The van der Waals surface area contributed by atoms with E-state index in [1.807, 2.05) is 0 Å². The molecule has 8 heteroatoms. The zero-order valence-electron chi connectivity index (χ0n) is 10.2. The van der Waals surface area contributed by atoms with Gasteiger partial charge in [-0.25, -0.2) is 0 Å². The van der Waals surface area contributed by atoms with Crippen LogP contribution in [0.3, 0.4) is 0 Å². The van der Waals surface area contributed by atoms with Crippen LogP contribution in [0.25, 0.3) is 0 Å². The maximum absolute atomic E-state index is 11.8. The van der Waals surface area contributed by atoms with E-state index in [0.29, 0.717) is 24.5 Å². The Balaban J connectivity index is 2.13. The molecule has 1 fully saturated rings. The molecule has 1 aliphatic rings. The van der Waals surface area contributed by atoms with Gasteiger partial charge < -0.3 is 10.0 Å². The molecule has 2 heterocycles. The van der Waals surface area contributed by atoms with E-state index in [4.69, 9.17) is 5.11 Å². The van der Waals surface area contributed by atoms with Crippen molar-refractivity contribution in [1.82, 2.24) is 14.7 Å². The lowest BCUT2D eigenvalue weighted by atomic mass is 10.2. The first-order valence-corrected chi connectivity index (χ1v) is 5.54. The molecule has 0 bridgehead atoms. The number of amides is 1. The van der Waals surface area contributed by atoms with Gasteiger partial charge in [-0.1, -0.05) is 0 Å². The van der Waals surface area contributed by atoms with E-state index in [0.717, 1.165) is 0 Å². The molecule has 0 saturated carbocycles. The molecule has 0 spiro atoms. The van der Waals surface area contributed by atoms with Crippen LogP contribution in [0.1, 0.15) is 11.4 Å². The van der Waals surface area contributed by atoms with Crippen LogP contribution in [0.2, 0.25) is 0 Å². The van der Waals surface area contributed by atoms with E-state index in [1.54, 1.807) is 13.8 Å². The second kappa shape index (κ2) is 4.37. The van der Waals surface area contributed by atoms with Crippen LogP contribution in [0.15, 0.2) is 0 Å². The van der Waals surface area contributed by atoms with Crippen molar-refractivity contribution in [2.45, 2.75) is 26.5 Å². The lowest BCUT2D eigenvalue weighted by molar-refractivity contribution is -0.386. The topological polar surface area (TPSA) is 102 Å². The second-order valence-electron chi connectivity index (χ2n) is 4.39. The minimum atomic E-state index is -0.494. The van der Waals surface area contributed by atoms with Gasteiger partial charge >= 0.3 is 5.69 Å². The second-order valence-corrected chi connectivity index (χ2v) is 4.39. The van der Waals surface area contributed by atoms with Gasteiger partial charge in [0.2, 0.25) is 5.91 Å². The lowest BCUT2D eigenvalue weighted by Crippen LogP contribution is -2.54. The molecule has 1 amide bonds. The van der Waals surface area contributed by atoms with Gasteiger partial charge in [0.15, 0.2) is 0 Å². The van der Waals surface area contributed by atoms with Crippen molar-refractivity contribution in [1.29, 1.82) is 0 Å². The molecular weight excluding hydrogens is 240 g/mol. The first kappa shape index (κ1) is 12.5. The molecule has 98 valence electrons. The van der Waals surface area contributed by atoms with Gasteiger partial charge in [-0.3, -0.25) is 19.6 Å². The highest BCUT2D eigenvalue weighted by Crippen LogP contribution is 2.22. The Kier molecular flexibility index (Phi) is 3.04. The Labute approximate surface area is 103 Å². The maximum atomic E-state index is 11.8. The van der Waals surface area contributed by atoms with E-state index in [1.165, 1.54) is 9.58 Å². The summed E-state index contributed by atoms with van der Waals surface area (Å²) in [5, 5.41) is 23.9. The van der Waals surface area contributed by atoms with E-state index < -0.39 is 11.0 Å². The number of nitrogens with zero attached hydrogens (tertiary/aromatic N) is 4. The summed E-state index contributed by atoms with van der Waals surface area (Å²) < 4.78 is 1.33. The molecule has 0 aromatic carbocycles. The van der Waals surface area contributed by atoms with Crippen LogP contribution < -0.4 is 0 Å². The fraction of sp³-hybridized carbons (Fsp3) is 0.600. The number of aryl methyl sites for hydroxylation is 1. The quantitative estimate of drug-likeness (QED) is 0.584. The number of aliphatic hydroxyl groups is 1. The largest absolute Gasteiger partial charge is 0.389 e.